The standard InChI is InChI=1S/C11H20N2O5/c1-11(7-18-6-8(11)12)10(16)13(3-4-17-2)5-9(14)15/h8H,3-7,12H2,1-2H3,(H,14,15). The SMILES string of the molecule is COCCN(CC(=O)O)C(=O)C1(C)COCC1N. The lowest BCUT2D eigenvalue weighted by molar-refractivity contribution is -0.150. The van der Waals surface area contributed by atoms with Crippen molar-refractivity contribution in [2.45, 2.75) is 13.0 Å². The van der Waals surface area contributed by atoms with Crippen LogP contribution in [-0.2, 0) is 19.1 Å². The number of amides is 1. The first kappa shape index (κ1) is 14.9. The van der Waals surface area contributed by atoms with Gasteiger partial charge in [-0.2, -0.15) is 0 Å². The second-order valence-corrected chi connectivity index (χ2v) is 4.65. The number of carbonyl (C=O) groups excluding carboxylic acids is 1. The van der Waals surface area contributed by atoms with Gasteiger partial charge in [-0.25, -0.2) is 0 Å². The predicted octanol–water partition coefficient (Wildman–Crippen LogP) is -1.09. The van der Waals surface area contributed by atoms with Crippen molar-refractivity contribution in [3.63, 3.8) is 0 Å². The Balaban J connectivity index is 2.77. The summed E-state index contributed by atoms with van der Waals surface area (Å²) in [6.07, 6.45) is 0. The molecule has 1 fully saturated rings. The molecule has 18 heavy (non-hydrogen) atoms. The van der Waals surface area contributed by atoms with E-state index < -0.39 is 17.4 Å². The first-order chi connectivity index (χ1) is 8.41. The maximum Gasteiger partial charge on any atom is 0.323 e. The number of ether oxygens (including phenoxy) is 2. The van der Waals surface area contributed by atoms with Crippen molar-refractivity contribution in [2.75, 3.05) is 40.0 Å². The molecule has 0 bridgehead atoms. The Morgan fingerprint density at radius 3 is 2.72 bits per heavy atom. The molecule has 1 aliphatic rings. The number of methoxy groups -OCH3 is 1. The number of nitrogens with two attached hydrogens (primary N) is 1. The molecule has 3 N–H and O–H groups in total. The number of carbonyl (C=O) groups is 2. The van der Waals surface area contributed by atoms with E-state index in [1.54, 1.807) is 6.92 Å². The minimum Gasteiger partial charge on any atom is -0.480 e. The second-order valence-electron chi connectivity index (χ2n) is 4.65. The molecule has 2 unspecified atom stereocenters. The van der Waals surface area contributed by atoms with Gasteiger partial charge in [0.1, 0.15) is 6.54 Å². The Morgan fingerprint density at radius 1 is 1.61 bits per heavy atom. The zero-order valence-corrected chi connectivity index (χ0v) is 10.7. The van der Waals surface area contributed by atoms with Crippen LogP contribution in [-0.4, -0.2) is 67.9 Å². The third-order valence-electron chi connectivity index (χ3n) is 3.18. The Bertz CT molecular complexity index is 323. The number of carboxylic acids is 1. The predicted molar refractivity (Wildman–Crippen MR) is 63.0 cm³/mol. The van der Waals surface area contributed by atoms with Crippen molar-refractivity contribution in [1.82, 2.24) is 4.90 Å². The first-order valence-corrected chi connectivity index (χ1v) is 5.75. The van der Waals surface area contributed by atoms with Crippen LogP contribution in [0.3, 0.4) is 0 Å². The summed E-state index contributed by atoms with van der Waals surface area (Å²) in [5.74, 6) is -1.36. The molecule has 2 atom stereocenters. The van der Waals surface area contributed by atoms with Gasteiger partial charge in [-0.3, -0.25) is 9.59 Å². The number of carboxylic acid groups (broad SMARTS) is 1. The number of rotatable bonds is 6. The van der Waals surface area contributed by atoms with Crippen LogP contribution in [0.25, 0.3) is 0 Å². The van der Waals surface area contributed by atoms with Gasteiger partial charge in [-0.15, -0.1) is 0 Å². The van der Waals surface area contributed by atoms with E-state index in [-0.39, 0.29) is 32.2 Å². The van der Waals surface area contributed by atoms with Crippen LogP contribution >= 0.6 is 0 Å². The van der Waals surface area contributed by atoms with Crippen LogP contribution in [0.2, 0.25) is 0 Å². The topological polar surface area (TPSA) is 102 Å². The van der Waals surface area contributed by atoms with Gasteiger partial charge in [0, 0.05) is 19.7 Å². The van der Waals surface area contributed by atoms with Gasteiger partial charge < -0.3 is 25.2 Å². The summed E-state index contributed by atoms with van der Waals surface area (Å²) in [6, 6.07) is -0.413. The maximum atomic E-state index is 12.4. The molecule has 104 valence electrons. The molecule has 1 saturated heterocycles. The van der Waals surface area contributed by atoms with Crippen molar-refractivity contribution in [3.8, 4) is 0 Å². The summed E-state index contributed by atoms with van der Waals surface area (Å²) >= 11 is 0. The molecule has 1 aliphatic heterocycles. The fourth-order valence-electron chi connectivity index (χ4n) is 1.89. The molecule has 0 saturated carbocycles. The Hall–Kier alpha value is -1.18. The van der Waals surface area contributed by atoms with E-state index in [9.17, 15) is 9.59 Å². The van der Waals surface area contributed by atoms with E-state index in [0.717, 1.165) is 0 Å². The lowest BCUT2D eigenvalue weighted by atomic mass is 9.84. The van der Waals surface area contributed by atoms with Crippen molar-refractivity contribution in [2.24, 2.45) is 11.1 Å². The van der Waals surface area contributed by atoms with Crippen molar-refractivity contribution in [1.29, 1.82) is 0 Å². The second kappa shape index (κ2) is 6.12. The van der Waals surface area contributed by atoms with Crippen LogP contribution in [0.5, 0.6) is 0 Å². The average Bonchev–Trinajstić information content (AvgIpc) is 2.65. The molecule has 0 aromatic rings. The molecule has 7 heteroatoms. The van der Waals surface area contributed by atoms with Crippen molar-refractivity contribution >= 4 is 11.9 Å². The molecule has 1 heterocycles. The summed E-state index contributed by atoms with van der Waals surface area (Å²) < 4.78 is 10.1. The Labute approximate surface area is 106 Å². The van der Waals surface area contributed by atoms with Crippen LogP contribution in [0, 0.1) is 5.41 Å². The largest absolute Gasteiger partial charge is 0.480 e. The molecule has 0 aliphatic carbocycles. The molecular formula is C11H20N2O5. The van der Waals surface area contributed by atoms with E-state index in [1.165, 1.54) is 12.0 Å². The quantitative estimate of drug-likeness (QED) is 0.629. The van der Waals surface area contributed by atoms with Gasteiger partial charge in [0.25, 0.3) is 0 Å². The molecule has 7 nitrogen and oxygen atoms in total. The lowest BCUT2D eigenvalue weighted by Crippen LogP contribution is -2.53. The monoisotopic (exact) mass is 260 g/mol. The third-order valence-corrected chi connectivity index (χ3v) is 3.18. The van der Waals surface area contributed by atoms with Gasteiger partial charge in [-0.1, -0.05) is 0 Å². The highest BCUT2D eigenvalue weighted by Crippen LogP contribution is 2.29. The highest BCUT2D eigenvalue weighted by Gasteiger charge is 2.46. The molecular weight excluding hydrogens is 240 g/mol. The summed E-state index contributed by atoms with van der Waals surface area (Å²) in [7, 11) is 1.50. The van der Waals surface area contributed by atoms with Crippen LogP contribution in [0.4, 0.5) is 0 Å². The Kier molecular flexibility index (Phi) is 5.06. The summed E-state index contributed by atoms with van der Waals surface area (Å²) in [5.41, 5.74) is 5.00. The van der Waals surface area contributed by atoms with E-state index >= 15 is 0 Å². The lowest BCUT2D eigenvalue weighted by Gasteiger charge is -2.32. The number of aliphatic carboxylic acids is 1. The number of hydrogen-bond acceptors (Lipinski definition) is 5. The van der Waals surface area contributed by atoms with E-state index in [0.29, 0.717) is 6.61 Å². The van der Waals surface area contributed by atoms with Crippen molar-refractivity contribution < 1.29 is 24.2 Å². The summed E-state index contributed by atoms with van der Waals surface area (Å²) in [5, 5.41) is 8.83. The molecule has 0 spiro atoms. The Morgan fingerprint density at radius 2 is 2.28 bits per heavy atom. The van der Waals surface area contributed by atoms with Crippen LogP contribution in [0.1, 0.15) is 6.92 Å². The van der Waals surface area contributed by atoms with E-state index in [2.05, 4.69) is 0 Å². The maximum absolute atomic E-state index is 12.4. The van der Waals surface area contributed by atoms with Crippen LogP contribution in [0.15, 0.2) is 0 Å². The molecule has 1 amide bonds. The smallest absolute Gasteiger partial charge is 0.323 e. The van der Waals surface area contributed by atoms with Crippen molar-refractivity contribution in [3.05, 3.63) is 0 Å². The number of hydrogen-bond donors (Lipinski definition) is 2. The molecule has 0 aromatic carbocycles. The fourth-order valence-corrected chi connectivity index (χ4v) is 1.89. The highest BCUT2D eigenvalue weighted by atomic mass is 16.5. The minimum atomic E-state index is -1.06. The van der Waals surface area contributed by atoms with Gasteiger partial charge in [0.05, 0.1) is 25.2 Å². The zero-order valence-electron chi connectivity index (χ0n) is 10.7. The summed E-state index contributed by atoms with van der Waals surface area (Å²) in [4.78, 5) is 24.4. The van der Waals surface area contributed by atoms with Gasteiger partial charge in [0.15, 0.2) is 0 Å². The summed E-state index contributed by atoms with van der Waals surface area (Å²) in [6.45, 7) is 2.39. The zero-order chi connectivity index (χ0) is 13.8. The van der Waals surface area contributed by atoms with E-state index in [4.69, 9.17) is 20.3 Å². The normalized spacial score (nSPS) is 27.2. The molecule has 0 radical (unpaired) electrons. The molecule has 0 aromatic heterocycles. The number of nitrogens with zero attached hydrogens (tertiary/aromatic N) is 1. The van der Waals surface area contributed by atoms with Gasteiger partial charge >= 0.3 is 5.97 Å². The van der Waals surface area contributed by atoms with Gasteiger partial charge in [-0.05, 0) is 6.92 Å². The van der Waals surface area contributed by atoms with E-state index in [1.807, 2.05) is 0 Å². The van der Waals surface area contributed by atoms with Gasteiger partial charge in [0.2, 0.25) is 5.91 Å². The van der Waals surface area contributed by atoms with Crippen LogP contribution < -0.4 is 5.73 Å². The highest BCUT2D eigenvalue weighted by molar-refractivity contribution is 5.86. The first-order valence-electron chi connectivity index (χ1n) is 5.75. The fraction of sp³-hybridized carbons (Fsp3) is 0.818. The molecule has 1 rings (SSSR count). The minimum absolute atomic E-state index is 0.218. The third kappa shape index (κ3) is 3.18. The average molecular weight is 260 g/mol.